The van der Waals surface area contributed by atoms with Crippen LogP contribution in [-0.4, -0.2) is 44.9 Å². The first-order valence-corrected chi connectivity index (χ1v) is 9.14. The van der Waals surface area contributed by atoms with Gasteiger partial charge in [-0.3, -0.25) is 4.99 Å². The van der Waals surface area contributed by atoms with Crippen molar-refractivity contribution in [1.82, 2.24) is 10.6 Å². The number of aliphatic imine (C=N–C) groups is 1. The van der Waals surface area contributed by atoms with Gasteiger partial charge in [0.15, 0.2) is 5.96 Å². The van der Waals surface area contributed by atoms with Crippen LogP contribution in [-0.2, 0) is 6.42 Å². The molecule has 0 saturated carbocycles. The van der Waals surface area contributed by atoms with E-state index in [1.54, 1.807) is 32.4 Å². The van der Waals surface area contributed by atoms with E-state index in [2.05, 4.69) is 27.8 Å². The van der Waals surface area contributed by atoms with Crippen LogP contribution in [0.1, 0.15) is 24.2 Å². The minimum atomic E-state index is -0.792. The van der Waals surface area contributed by atoms with Crippen LogP contribution in [0.5, 0.6) is 11.5 Å². The first-order chi connectivity index (χ1) is 13.2. The lowest BCUT2D eigenvalue weighted by Gasteiger charge is -2.16. The van der Waals surface area contributed by atoms with Gasteiger partial charge in [0.25, 0.3) is 0 Å². The van der Waals surface area contributed by atoms with Crippen molar-refractivity contribution >= 4 is 5.96 Å². The molecule has 0 bridgehead atoms. The van der Waals surface area contributed by atoms with Gasteiger partial charge in [0.1, 0.15) is 17.6 Å². The number of aliphatic hydroxyl groups is 1. The van der Waals surface area contributed by atoms with Crippen LogP contribution in [0.2, 0.25) is 0 Å². The van der Waals surface area contributed by atoms with Crippen molar-refractivity contribution in [3.8, 4) is 11.5 Å². The summed E-state index contributed by atoms with van der Waals surface area (Å²) in [6, 6.07) is 15.6. The van der Waals surface area contributed by atoms with Crippen LogP contribution in [0.25, 0.3) is 0 Å². The van der Waals surface area contributed by atoms with Crippen LogP contribution >= 0.6 is 0 Å². The molecule has 27 heavy (non-hydrogen) atoms. The summed E-state index contributed by atoms with van der Waals surface area (Å²) in [4.78, 5) is 4.50. The molecular weight excluding hydrogens is 342 g/mol. The number of guanidine groups is 1. The molecule has 6 heteroatoms. The largest absolute Gasteiger partial charge is 0.497 e. The number of aliphatic hydroxyl groups excluding tert-OH is 1. The lowest BCUT2D eigenvalue weighted by atomic mass is 10.1. The van der Waals surface area contributed by atoms with Gasteiger partial charge in [-0.25, -0.2) is 0 Å². The fraction of sp³-hybridized carbons (Fsp3) is 0.381. The number of benzene rings is 2. The van der Waals surface area contributed by atoms with Gasteiger partial charge < -0.3 is 25.2 Å². The molecule has 0 saturated heterocycles. The summed E-state index contributed by atoms with van der Waals surface area (Å²) in [6.07, 6.45) is 0.108. The van der Waals surface area contributed by atoms with Crippen molar-refractivity contribution in [3.63, 3.8) is 0 Å². The van der Waals surface area contributed by atoms with Gasteiger partial charge in [0.05, 0.1) is 20.8 Å². The molecule has 1 unspecified atom stereocenters. The predicted molar refractivity (Wildman–Crippen MR) is 109 cm³/mol. The summed E-state index contributed by atoms with van der Waals surface area (Å²) in [5, 5.41) is 17.1. The van der Waals surface area contributed by atoms with Gasteiger partial charge in [-0.2, -0.15) is 0 Å². The number of ether oxygens (including phenoxy) is 2. The van der Waals surface area contributed by atoms with E-state index >= 15 is 0 Å². The van der Waals surface area contributed by atoms with Crippen LogP contribution in [0.3, 0.4) is 0 Å². The molecular formula is C21H29N3O3. The third-order valence-electron chi connectivity index (χ3n) is 4.11. The lowest BCUT2D eigenvalue weighted by Crippen LogP contribution is -2.38. The second-order valence-corrected chi connectivity index (χ2v) is 6.01. The maximum Gasteiger partial charge on any atom is 0.191 e. The van der Waals surface area contributed by atoms with Crippen molar-refractivity contribution < 1.29 is 14.6 Å². The Morgan fingerprint density at radius 3 is 2.52 bits per heavy atom. The van der Waals surface area contributed by atoms with Crippen molar-refractivity contribution in [2.75, 3.05) is 33.9 Å². The molecule has 0 heterocycles. The topological polar surface area (TPSA) is 75.1 Å². The smallest absolute Gasteiger partial charge is 0.191 e. The lowest BCUT2D eigenvalue weighted by molar-refractivity contribution is 0.182. The van der Waals surface area contributed by atoms with E-state index in [9.17, 15) is 5.11 Å². The van der Waals surface area contributed by atoms with E-state index in [1.165, 1.54) is 5.56 Å². The highest BCUT2D eigenvalue weighted by Crippen LogP contribution is 2.29. The van der Waals surface area contributed by atoms with Gasteiger partial charge in [0, 0.05) is 18.7 Å². The zero-order valence-corrected chi connectivity index (χ0v) is 16.2. The Kier molecular flexibility index (Phi) is 8.45. The van der Waals surface area contributed by atoms with Crippen molar-refractivity contribution in [2.45, 2.75) is 19.4 Å². The van der Waals surface area contributed by atoms with Crippen LogP contribution in [0, 0.1) is 0 Å². The molecule has 6 nitrogen and oxygen atoms in total. The molecule has 0 radical (unpaired) electrons. The minimum Gasteiger partial charge on any atom is -0.497 e. The normalized spacial score (nSPS) is 12.4. The average Bonchev–Trinajstić information content (AvgIpc) is 2.72. The number of nitrogens with one attached hydrogen (secondary N) is 2. The first kappa shape index (κ1) is 20.6. The fourth-order valence-corrected chi connectivity index (χ4v) is 2.69. The second-order valence-electron chi connectivity index (χ2n) is 6.01. The van der Waals surface area contributed by atoms with E-state index in [0.717, 1.165) is 19.5 Å². The molecule has 1 atom stereocenters. The third kappa shape index (κ3) is 6.49. The Balaban J connectivity index is 1.98. The standard InChI is InChI=1S/C21H29N3O3/c1-4-22-21(23-13-12-16-8-6-5-7-9-16)24-15-19(25)18-14-17(26-2)10-11-20(18)27-3/h5-11,14,19,25H,4,12-13,15H2,1-3H3,(H2,22,23,24). The zero-order chi connectivity index (χ0) is 19.5. The summed E-state index contributed by atoms with van der Waals surface area (Å²) in [5.41, 5.74) is 1.92. The van der Waals surface area contributed by atoms with Gasteiger partial charge in [0.2, 0.25) is 0 Å². The highest BCUT2D eigenvalue weighted by molar-refractivity contribution is 5.79. The maximum absolute atomic E-state index is 10.6. The van der Waals surface area contributed by atoms with Crippen molar-refractivity contribution in [1.29, 1.82) is 0 Å². The van der Waals surface area contributed by atoms with Gasteiger partial charge in [-0.05, 0) is 37.1 Å². The van der Waals surface area contributed by atoms with Crippen LogP contribution < -0.4 is 20.1 Å². The van der Waals surface area contributed by atoms with E-state index in [-0.39, 0.29) is 6.54 Å². The number of hydrogen-bond donors (Lipinski definition) is 3. The molecule has 0 aliphatic carbocycles. The Bertz CT molecular complexity index is 720. The average molecular weight is 371 g/mol. The van der Waals surface area contributed by atoms with E-state index in [0.29, 0.717) is 23.0 Å². The number of rotatable bonds is 9. The summed E-state index contributed by atoms with van der Waals surface area (Å²) < 4.78 is 10.6. The van der Waals surface area contributed by atoms with Crippen LogP contribution in [0.4, 0.5) is 0 Å². The molecule has 0 fully saturated rings. The van der Waals surface area contributed by atoms with E-state index < -0.39 is 6.10 Å². The molecule has 0 spiro atoms. The van der Waals surface area contributed by atoms with Gasteiger partial charge >= 0.3 is 0 Å². The minimum absolute atomic E-state index is 0.212. The monoisotopic (exact) mass is 371 g/mol. The summed E-state index contributed by atoms with van der Waals surface area (Å²) >= 11 is 0. The Morgan fingerprint density at radius 2 is 1.85 bits per heavy atom. The molecule has 0 aliphatic rings. The Labute approximate surface area is 161 Å². The summed E-state index contributed by atoms with van der Waals surface area (Å²) in [7, 11) is 3.17. The molecule has 2 aromatic carbocycles. The highest BCUT2D eigenvalue weighted by Gasteiger charge is 2.14. The highest BCUT2D eigenvalue weighted by atomic mass is 16.5. The maximum atomic E-state index is 10.6. The predicted octanol–water partition coefficient (Wildman–Crippen LogP) is 2.54. The van der Waals surface area contributed by atoms with Crippen molar-refractivity contribution in [3.05, 3.63) is 59.7 Å². The molecule has 3 N–H and O–H groups in total. The summed E-state index contributed by atoms with van der Waals surface area (Å²) in [6.45, 7) is 3.73. The van der Waals surface area contributed by atoms with Crippen LogP contribution in [0.15, 0.2) is 53.5 Å². The van der Waals surface area contributed by atoms with Gasteiger partial charge in [-0.15, -0.1) is 0 Å². The molecule has 146 valence electrons. The molecule has 2 rings (SSSR count). The molecule has 0 aliphatic heterocycles. The summed E-state index contributed by atoms with van der Waals surface area (Å²) in [5.74, 6) is 1.96. The molecule has 0 amide bonds. The van der Waals surface area contributed by atoms with Gasteiger partial charge in [-0.1, -0.05) is 30.3 Å². The Morgan fingerprint density at radius 1 is 1.07 bits per heavy atom. The SMILES string of the molecule is CCNC(=NCC(O)c1cc(OC)ccc1OC)NCCc1ccccc1. The van der Waals surface area contributed by atoms with Crippen molar-refractivity contribution in [2.24, 2.45) is 4.99 Å². The molecule has 0 aromatic heterocycles. The second kappa shape index (κ2) is 11.1. The van der Waals surface area contributed by atoms with E-state index in [4.69, 9.17) is 9.47 Å². The molecule has 2 aromatic rings. The fourth-order valence-electron chi connectivity index (χ4n) is 2.69. The zero-order valence-electron chi connectivity index (χ0n) is 16.2. The quantitative estimate of drug-likeness (QED) is 0.467. The first-order valence-electron chi connectivity index (χ1n) is 9.14. The van der Waals surface area contributed by atoms with E-state index in [1.807, 2.05) is 25.1 Å². The number of nitrogens with zero attached hydrogens (tertiary/aromatic N) is 1. The Hall–Kier alpha value is -2.73. The number of methoxy groups -OCH3 is 2. The number of hydrogen-bond acceptors (Lipinski definition) is 4. The third-order valence-corrected chi connectivity index (χ3v) is 4.11.